The minimum atomic E-state index is -0.724. The fourth-order valence-electron chi connectivity index (χ4n) is 3.78. The Labute approximate surface area is 166 Å². The van der Waals surface area contributed by atoms with E-state index in [4.69, 9.17) is 4.74 Å². The van der Waals surface area contributed by atoms with E-state index >= 15 is 0 Å². The average molecular weight is 401 g/mol. The highest BCUT2D eigenvalue weighted by atomic mass is 32.1. The topological polar surface area (TPSA) is 66.8 Å². The Balaban J connectivity index is 1.82. The number of ketones is 1. The molecule has 0 spiro atoms. The number of thiophene rings is 1. The number of amides is 1. The van der Waals surface area contributed by atoms with Crippen molar-refractivity contribution in [2.24, 2.45) is 0 Å². The van der Waals surface area contributed by atoms with E-state index in [1.807, 2.05) is 18.4 Å². The molecule has 0 bridgehead atoms. The molecule has 1 aromatic carbocycles. The van der Waals surface area contributed by atoms with Gasteiger partial charge >= 0.3 is 0 Å². The second-order valence-electron chi connectivity index (χ2n) is 7.06. The molecule has 0 saturated carbocycles. The van der Waals surface area contributed by atoms with Gasteiger partial charge in [-0.05, 0) is 61.0 Å². The minimum absolute atomic E-state index is 0.0418. The Morgan fingerprint density at radius 3 is 2.64 bits per heavy atom. The maximum atomic E-state index is 13.3. The normalized spacial score (nSPS) is 24.3. The first kappa shape index (κ1) is 18.8. The van der Waals surface area contributed by atoms with Crippen LogP contribution in [0.1, 0.15) is 34.9 Å². The highest BCUT2D eigenvalue weighted by Crippen LogP contribution is 2.43. The Kier molecular flexibility index (Phi) is 5.03. The van der Waals surface area contributed by atoms with Crippen molar-refractivity contribution in [2.45, 2.75) is 31.9 Å². The molecular weight excluding hydrogens is 381 g/mol. The number of rotatable bonds is 4. The van der Waals surface area contributed by atoms with E-state index in [2.05, 4.69) is 0 Å². The van der Waals surface area contributed by atoms with E-state index in [9.17, 15) is 19.1 Å². The lowest BCUT2D eigenvalue weighted by Gasteiger charge is -2.27. The van der Waals surface area contributed by atoms with Crippen LogP contribution < -0.4 is 0 Å². The average Bonchev–Trinajstić information content (AvgIpc) is 3.39. The molecule has 1 amide bonds. The number of nitrogens with zero attached hydrogens (tertiary/aromatic N) is 1. The van der Waals surface area contributed by atoms with Crippen molar-refractivity contribution >= 4 is 28.8 Å². The first-order valence-corrected chi connectivity index (χ1v) is 10.0. The quantitative estimate of drug-likeness (QED) is 0.481. The summed E-state index contributed by atoms with van der Waals surface area (Å²) < 4.78 is 18.9. The third kappa shape index (κ3) is 3.25. The van der Waals surface area contributed by atoms with Crippen molar-refractivity contribution in [2.75, 3.05) is 13.2 Å². The number of aliphatic hydroxyl groups excluding tert-OH is 1. The molecule has 2 fully saturated rings. The van der Waals surface area contributed by atoms with Gasteiger partial charge in [0.25, 0.3) is 11.7 Å². The molecular formula is C21H20FNO4S. The van der Waals surface area contributed by atoms with Gasteiger partial charge in [0.2, 0.25) is 0 Å². The van der Waals surface area contributed by atoms with Gasteiger partial charge in [0.1, 0.15) is 11.6 Å². The van der Waals surface area contributed by atoms with E-state index < -0.39 is 23.5 Å². The van der Waals surface area contributed by atoms with E-state index in [0.717, 1.165) is 23.3 Å². The van der Waals surface area contributed by atoms with Gasteiger partial charge in [0.05, 0.1) is 17.7 Å². The number of hydrogen-bond donors (Lipinski definition) is 1. The summed E-state index contributed by atoms with van der Waals surface area (Å²) in [5.41, 5.74) is 1.29. The number of halogens is 1. The molecule has 2 aromatic rings. The van der Waals surface area contributed by atoms with Crippen molar-refractivity contribution in [1.29, 1.82) is 0 Å². The smallest absolute Gasteiger partial charge is 0.295 e. The van der Waals surface area contributed by atoms with Crippen LogP contribution in [0.15, 0.2) is 41.3 Å². The zero-order valence-corrected chi connectivity index (χ0v) is 16.2. The number of carbonyl (C=O) groups excluding carboxylic acids is 2. The summed E-state index contributed by atoms with van der Waals surface area (Å²) in [5, 5.41) is 12.8. The Hall–Kier alpha value is -2.51. The van der Waals surface area contributed by atoms with Crippen LogP contribution in [0.5, 0.6) is 0 Å². The molecule has 28 heavy (non-hydrogen) atoms. The molecule has 2 atom stereocenters. The van der Waals surface area contributed by atoms with Gasteiger partial charge in [0.15, 0.2) is 0 Å². The van der Waals surface area contributed by atoms with Crippen molar-refractivity contribution in [3.05, 3.63) is 63.1 Å². The maximum Gasteiger partial charge on any atom is 0.295 e. The highest BCUT2D eigenvalue weighted by Gasteiger charge is 2.47. The molecule has 0 radical (unpaired) electrons. The molecule has 146 valence electrons. The van der Waals surface area contributed by atoms with Crippen molar-refractivity contribution in [1.82, 2.24) is 4.90 Å². The Morgan fingerprint density at radius 2 is 2.04 bits per heavy atom. The lowest BCUT2D eigenvalue weighted by molar-refractivity contribution is -0.140. The molecule has 1 aromatic heterocycles. The van der Waals surface area contributed by atoms with E-state index in [0.29, 0.717) is 18.7 Å². The van der Waals surface area contributed by atoms with Gasteiger partial charge < -0.3 is 14.7 Å². The van der Waals surface area contributed by atoms with Crippen molar-refractivity contribution in [3.8, 4) is 0 Å². The number of Topliss-reactive ketones (excluding diaryl/α,β-unsaturated/α-hetero) is 1. The first-order valence-electron chi connectivity index (χ1n) is 9.17. The number of aryl methyl sites for hydroxylation is 1. The van der Waals surface area contributed by atoms with E-state index in [1.54, 1.807) is 0 Å². The zero-order valence-electron chi connectivity index (χ0n) is 15.4. The Morgan fingerprint density at radius 1 is 1.29 bits per heavy atom. The van der Waals surface area contributed by atoms with Gasteiger partial charge in [0, 0.05) is 23.6 Å². The van der Waals surface area contributed by atoms with Crippen LogP contribution in [0.3, 0.4) is 0 Å². The molecule has 2 aliphatic heterocycles. The largest absolute Gasteiger partial charge is 0.507 e. The summed E-state index contributed by atoms with van der Waals surface area (Å²) in [6, 6.07) is 6.47. The molecule has 1 N–H and O–H groups in total. The number of aliphatic hydroxyl groups is 1. The van der Waals surface area contributed by atoms with Gasteiger partial charge in [-0.3, -0.25) is 9.59 Å². The molecule has 7 heteroatoms. The lowest BCUT2D eigenvalue weighted by Crippen LogP contribution is -2.36. The van der Waals surface area contributed by atoms with Crippen LogP contribution in [0, 0.1) is 12.7 Å². The maximum absolute atomic E-state index is 13.3. The SMILES string of the molecule is Cc1ccsc1C1C(=C(O)c2ccc(F)cc2)C(=O)C(=O)N1CC1CCCO1. The molecule has 0 aliphatic carbocycles. The summed E-state index contributed by atoms with van der Waals surface area (Å²) in [6.45, 7) is 2.86. The number of benzene rings is 1. The predicted molar refractivity (Wildman–Crippen MR) is 103 cm³/mol. The second kappa shape index (κ2) is 7.48. The van der Waals surface area contributed by atoms with Crippen LogP contribution in [0.2, 0.25) is 0 Å². The first-order chi connectivity index (χ1) is 13.5. The Bertz CT molecular complexity index is 944. The lowest BCUT2D eigenvalue weighted by atomic mass is 9.98. The predicted octanol–water partition coefficient (Wildman–Crippen LogP) is 3.80. The summed E-state index contributed by atoms with van der Waals surface area (Å²) in [7, 11) is 0. The third-order valence-corrected chi connectivity index (χ3v) is 6.30. The van der Waals surface area contributed by atoms with Gasteiger partial charge in [-0.15, -0.1) is 11.3 Å². The molecule has 2 saturated heterocycles. The zero-order chi connectivity index (χ0) is 19.8. The van der Waals surface area contributed by atoms with Gasteiger partial charge in [-0.2, -0.15) is 0 Å². The van der Waals surface area contributed by atoms with Crippen molar-refractivity contribution in [3.63, 3.8) is 0 Å². The molecule has 4 rings (SSSR count). The number of likely N-dealkylation sites (tertiary alicyclic amines) is 1. The van der Waals surface area contributed by atoms with Crippen LogP contribution in [-0.4, -0.2) is 41.0 Å². The molecule has 5 nitrogen and oxygen atoms in total. The standard InChI is InChI=1S/C21H20FNO4S/c1-12-8-10-28-20(12)17-16(18(24)13-4-6-14(22)7-5-13)19(25)21(26)23(17)11-15-3-2-9-27-15/h4-8,10,15,17,24H,2-3,9,11H2,1H3. The fraction of sp³-hybridized carbons (Fsp3) is 0.333. The summed E-state index contributed by atoms with van der Waals surface area (Å²) in [4.78, 5) is 28.0. The fourth-order valence-corrected chi connectivity index (χ4v) is 4.82. The third-order valence-electron chi connectivity index (χ3n) is 5.23. The summed E-state index contributed by atoms with van der Waals surface area (Å²) in [5.74, 6) is -2.10. The minimum Gasteiger partial charge on any atom is -0.507 e. The van der Waals surface area contributed by atoms with Gasteiger partial charge in [-0.1, -0.05) is 0 Å². The number of ether oxygens (including phenoxy) is 1. The van der Waals surface area contributed by atoms with Crippen LogP contribution in [0.25, 0.3) is 5.76 Å². The second-order valence-corrected chi connectivity index (χ2v) is 8.01. The summed E-state index contributed by atoms with van der Waals surface area (Å²) >= 11 is 1.44. The van der Waals surface area contributed by atoms with Crippen LogP contribution in [-0.2, 0) is 14.3 Å². The van der Waals surface area contributed by atoms with Crippen LogP contribution >= 0.6 is 11.3 Å². The number of hydrogen-bond acceptors (Lipinski definition) is 5. The van der Waals surface area contributed by atoms with Crippen LogP contribution in [0.4, 0.5) is 4.39 Å². The molecule has 3 heterocycles. The highest BCUT2D eigenvalue weighted by molar-refractivity contribution is 7.10. The summed E-state index contributed by atoms with van der Waals surface area (Å²) in [6.07, 6.45) is 1.64. The monoisotopic (exact) mass is 401 g/mol. The molecule has 2 aliphatic rings. The van der Waals surface area contributed by atoms with Crippen molar-refractivity contribution < 1.29 is 23.8 Å². The van der Waals surface area contributed by atoms with E-state index in [-0.39, 0.29) is 17.4 Å². The molecule has 2 unspecified atom stereocenters. The van der Waals surface area contributed by atoms with E-state index in [1.165, 1.54) is 40.5 Å². The van der Waals surface area contributed by atoms with Gasteiger partial charge in [-0.25, -0.2) is 4.39 Å². The number of carbonyl (C=O) groups is 2.